The van der Waals surface area contributed by atoms with Gasteiger partial charge in [-0.05, 0) is 68.0 Å². The minimum absolute atomic E-state index is 0.0777. The Labute approximate surface area is 184 Å². The van der Waals surface area contributed by atoms with Crippen molar-refractivity contribution in [1.82, 2.24) is 10.7 Å². The standard InChI is InChI=1S/C25H32N4O2/c1-17(2)23(27-24(30)20-9-7-18(3)8-10-20)25(31)28-26-16-21-11-12-22(15-19(21)4)29-13-5-6-14-29/h7-12,15-17,23H,5-6,13-14H2,1-4H3,(H,27,30)(H,28,31). The minimum atomic E-state index is -0.676. The van der Waals surface area contributed by atoms with Crippen LogP contribution in [0.25, 0.3) is 0 Å². The van der Waals surface area contributed by atoms with Crippen LogP contribution in [0.5, 0.6) is 0 Å². The van der Waals surface area contributed by atoms with Gasteiger partial charge in [0.15, 0.2) is 0 Å². The number of hydrazone groups is 1. The first kappa shape index (κ1) is 22.5. The van der Waals surface area contributed by atoms with Crippen molar-refractivity contribution in [1.29, 1.82) is 0 Å². The Hall–Kier alpha value is -3.15. The van der Waals surface area contributed by atoms with Crippen molar-refractivity contribution >= 4 is 23.7 Å². The van der Waals surface area contributed by atoms with E-state index in [4.69, 9.17) is 0 Å². The van der Waals surface area contributed by atoms with Gasteiger partial charge in [-0.1, -0.05) is 37.6 Å². The summed E-state index contributed by atoms with van der Waals surface area (Å²) in [5.41, 5.74) is 7.48. The number of hydrogen-bond donors (Lipinski definition) is 2. The molecule has 1 fully saturated rings. The van der Waals surface area contributed by atoms with Gasteiger partial charge in [0.25, 0.3) is 11.8 Å². The lowest BCUT2D eigenvalue weighted by Gasteiger charge is -2.20. The lowest BCUT2D eigenvalue weighted by atomic mass is 10.0. The molecule has 1 aliphatic rings. The van der Waals surface area contributed by atoms with E-state index in [-0.39, 0.29) is 17.7 Å². The van der Waals surface area contributed by atoms with Crippen molar-refractivity contribution in [2.24, 2.45) is 11.0 Å². The highest BCUT2D eigenvalue weighted by molar-refractivity contribution is 5.97. The number of carbonyl (C=O) groups is 2. The third-order valence-electron chi connectivity index (χ3n) is 5.65. The van der Waals surface area contributed by atoms with Gasteiger partial charge < -0.3 is 10.2 Å². The molecule has 0 spiro atoms. The molecule has 1 saturated heterocycles. The summed E-state index contributed by atoms with van der Waals surface area (Å²) in [6.45, 7) is 10.0. The number of nitrogens with zero attached hydrogens (tertiary/aromatic N) is 2. The summed E-state index contributed by atoms with van der Waals surface area (Å²) in [6.07, 6.45) is 4.14. The molecule has 2 aromatic rings. The van der Waals surface area contributed by atoms with E-state index < -0.39 is 6.04 Å². The van der Waals surface area contributed by atoms with Crippen LogP contribution in [0.1, 0.15) is 53.7 Å². The van der Waals surface area contributed by atoms with Gasteiger partial charge in [0.05, 0.1) is 6.21 Å². The summed E-state index contributed by atoms with van der Waals surface area (Å²) in [5, 5.41) is 6.96. The molecule has 2 aromatic carbocycles. The predicted molar refractivity (Wildman–Crippen MR) is 126 cm³/mol. The Balaban J connectivity index is 1.61. The lowest BCUT2D eigenvalue weighted by molar-refractivity contribution is -0.123. The second-order valence-corrected chi connectivity index (χ2v) is 8.53. The Bertz CT molecular complexity index is 944. The summed E-state index contributed by atoms with van der Waals surface area (Å²) in [4.78, 5) is 27.6. The molecule has 1 atom stereocenters. The Morgan fingerprint density at radius 2 is 1.71 bits per heavy atom. The highest BCUT2D eigenvalue weighted by Crippen LogP contribution is 2.22. The van der Waals surface area contributed by atoms with E-state index in [9.17, 15) is 9.59 Å². The van der Waals surface area contributed by atoms with Crippen molar-refractivity contribution < 1.29 is 9.59 Å². The zero-order valence-corrected chi connectivity index (χ0v) is 18.8. The molecular formula is C25H32N4O2. The number of benzene rings is 2. The van der Waals surface area contributed by atoms with Gasteiger partial charge in [-0.3, -0.25) is 9.59 Å². The first-order chi connectivity index (χ1) is 14.8. The number of anilines is 1. The van der Waals surface area contributed by atoms with Gasteiger partial charge in [0.2, 0.25) is 0 Å². The molecular weight excluding hydrogens is 388 g/mol. The van der Waals surface area contributed by atoms with Crippen molar-refractivity contribution in [3.63, 3.8) is 0 Å². The number of aryl methyl sites for hydroxylation is 2. The van der Waals surface area contributed by atoms with Gasteiger partial charge in [-0.15, -0.1) is 0 Å². The van der Waals surface area contributed by atoms with Gasteiger partial charge >= 0.3 is 0 Å². The van der Waals surface area contributed by atoms with E-state index in [2.05, 4.69) is 32.9 Å². The zero-order chi connectivity index (χ0) is 22.4. The molecule has 0 radical (unpaired) electrons. The normalized spacial score (nSPS) is 14.8. The highest BCUT2D eigenvalue weighted by atomic mass is 16.2. The summed E-state index contributed by atoms with van der Waals surface area (Å²) in [6, 6.07) is 12.9. The molecule has 1 aliphatic heterocycles. The quantitative estimate of drug-likeness (QED) is 0.528. The lowest BCUT2D eigenvalue weighted by Crippen LogP contribution is -2.48. The fourth-order valence-electron chi connectivity index (χ4n) is 3.68. The van der Waals surface area contributed by atoms with Crippen LogP contribution in [0.2, 0.25) is 0 Å². The third-order valence-corrected chi connectivity index (χ3v) is 5.65. The summed E-state index contributed by atoms with van der Waals surface area (Å²) in [7, 11) is 0. The Morgan fingerprint density at radius 1 is 1.03 bits per heavy atom. The SMILES string of the molecule is Cc1ccc(C(=O)NC(C(=O)NN=Cc2ccc(N3CCCC3)cc2C)C(C)C)cc1. The predicted octanol–water partition coefficient (Wildman–Crippen LogP) is 3.81. The third kappa shape index (κ3) is 5.94. The van der Waals surface area contributed by atoms with Crippen LogP contribution in [-0.2, 0) is 4.79 Å². The maximum atomic E-state index is 12.7. The molecule has 2 amide bonds. The molecule has 1 unspecified atom stereocenters. The molecule has 6 heteroatoms. The van der Waals surface area contributed by atoms with E-state index in [1.54, 1.807) is 18.3 Å². The van der Waals surface area contributed by atoms with Gasteiger partial charge in [-0.2, -0.15) is 5.10 Å². The van der Waals surface area contributed by atoms with E-state index in [1.165, 1.54) is 18.5 Å². The minimum Gasteiger partial charge on any atom is -0.372 e. The second-order valence-electron chi connectivity index (χ2n) is 8.53. The first-order valence-corrected chi connectivity index (χ1v) is 10.9. The van der Waals surface area contributed by atoms with Crippen LogP contribution < -0.4 is 15.6 Å². The molecule has 0 aliphatic carbocycles. The highest BCUT2D eigenvalue weighted by Gasteiger charge is 2.24. The number of carbonyl (C=O) groups excluding carboxylic acids is 2. The summed E-state index contributed by atoms with van der Waals surface area (Å²) >= 11 is 0. The van der Waals surface area contributed by atoms with Crippen LogP contribution in [0.3, 0.4) is 0 Å². The average molecular weight is 421 g/mol. The van der Waals surface area contributed by atoms with E-state index in [0.717, 1.165) is 29.8 Å². The zero-order valence-electron chi connectivity index (χ0n) is 18.8. The number of hydrogen-bond acceptors (Lipinski definition) is 4. The topological polar surface area (TPSA) is 73.8 Å². The maximum Gasteiger partial charge on any atom is 0.262 e. The molecule has 3 rings (SSSR count). The average Bonchev–Trinajstić information content (AvgIpc) is 3.28. The summed E-state index contributed by atoms with van der Waals surface area (Å²) in [5.74, 6) is -0.685. The molecule has 31 heavy (non-hydrogen) atoms. The molecule has 0 bridgehead atoms. The van der Waals surface area contributed by atoms with Crippen molar-refractivity contribution in [2.75, 3.05) is 18.0 Å². The maximum absolute atomic E-state index is 12.7. The Kier molecular flexibility index (Phi) is 7.45. The fourth-order valence-corrected chi connectivity index (χ4v) is 3.68. The van der Waals surface area contributed by atoms with Crippen LogP contribution in [0.4, 0.5) is 5.69 Å². The molecule has 164 valence electrons. The van der Waals surface area contributed by atoms with Crippen molar-refractivity contribution in [3.05, 3.63) is 64.7 Å². The van der Waals surface area contributed by atoms with Gasteiger partial charge in [-0.25, -0.2) is 5.43 Å². The molecule has 0 saturated carbocycles. The van der Waals surface area contributed by atoms with E-state index >= 15 is 0 Å². The van der Waals surface area contributed by atoms with Crippen molar-refractivity contribution in [2.45, 2.75) is 46.6 Å². The van der Waals surface area contributed by atoms with Crippen LogP contribution in [0.15, 0.2) is 47.6 Å². The largest absolute Gasteiger partial charge is 0.372 e. The number of nitrogens with one attached hydrogen (secondary N) is 2. The van der Waals surface area contributed by atoms with Crippen LogP contribution >= 0.6 is 0 Å². The van der Waals surface area contributed by atoms with Gasteiger partial charge in [0.1, 0.15) is 6.04 Å². The molecule has 6 nitrogen and oxygen atoms in total. The Morgan fingerprint density at radius 3 is 2.32 bits per heavy atom. The monoisotopic (exact) mass is 420 g/mol. The second kappa shape index (κ2) is 10.2. The van der Waals surface area contributed by atoms with E-state index in [1.807, 2.05) is 45.9 Å². The summed E-state index contributed by atoms with van der Waals surface area (Å²) < 4.78 is 0. The number of amides is 2. The van der Waals surface area contributed by atoms with E-state index in [0.29, 0.717) is 5.56 Å². The first-order valence-electron chi connectivity index (χ1n) is 10.9. The van der Waals surface area contributed by atoms with Crippen molar-refractivity contribution in [3.8, 4) is 0 Å². The molecule has 2 N–H and O–H groups in total. The van der Waals surface area contributed by atoms with Crippen LogP contribution in [-0.4, -0.2) is 37.2 Å². The number of rotatable bonds is 7. The van der Waals surface area contributed by atoms with Crippen LogP contribution in [0, 0.1) is 19.8 Å². The molecule has 1 heterocycles. The molecule has 0 aromatic heterocycles. The van der Waals surface area contributed by atoms with Gasteiger partial charge in [0, 0.05) is 24.3 Å². The fraction of sp³-hybridized carbons (Fsp3) is 0.400. The smallest absolute Gasteiger partial charge is 0.262 e.